The predicted molar refractivity (Wildman–Crippen MR) is 66.6 cm³/mol. The monoisotopic (exact) mass is 272 g/mol. The average Bonchev–Trinajstić information content (AvgIpc) is 2.80. The number of ether oxygens (including phenoxy) is 1. The molecule has 1 rings (SSSR count). The second-order valence-electron chi connectivity index (χ2n) is 4.52. The largest absolute Gasteiger partial charge is 0.480 e. The normalized spacial score (nSPS) is 22.1. The second kappa shape index (κ2) is 6.96. The van der Waals surface area contributed by atoms with Crippen LogP contribution in [0.25, 0.3) is 0 Å². The van der Waals surface area contributed by atoms with Crippen LogP contribution in [0.5, 0.6) is 0 Å². The average molecular weight is 272 g/mol. The van der Waals surface area contributed by atoms with Crippen LogP contribution in [0.2, 0.25) is 0 Å². The standard InChI is InChI=1S/C12H20N2O5/c1-3-4-8-5-6-9(11(16)17)14(8)10(15)7-13-12(18)19-2/h8-9H,3-7H2,1-2H3,(H,13,18)(H,16,17)/t8-,9-/m0/s1. The molecule has 0 aliphatic carbocycles. The van der Waals surface area contributed by atoms with Gasteiger partial charge in [0.05, 0.1) is 7.11 Å². The van der Waals surface area contributed by atoms with E-state index in [1.807, 2.05) is 6.92 Å². The number of methoxy groups -OCH3 is 1. The van der Waals surface area contributed by atoms with E-state index < -0.39 is 18.1 Å². The maximum Gasteiger partial charge on any atom is 0.407 e. The summed E-state index contributed by atoms with van der Waals surface area (Å²) in [5.41, 5.74) is 0. The molecule has 19 heavy (non-hydrogen) atoms. The zero-order chi connectivity index (χ0) is 14.4. The number of carboxylic acids is 1. The lowest BCUT2D eigenvalue weighted by Gasteiger charge is -2.28. The smallest absolute Gasteiger partial charge is 0.407 e. The molecule has 108 valence electrons. The van der Waals surface area contributed by atoms with Crippen LogP contribution in [0.4, 0.5) is 4.79 Å². The number of hydrogen-bond donors (Lipinski definition) is 2. The quantitative estimate of drug-likeness (QED) is 0.763. The van der Waals surface area contributed by atoms with Gasteiger partial charge in [0.2, 0.25) is 5.91 Å². The number of alkyl carbamates (subject to hydrolysis) is 1. The van der Waals surface area contributed by atoms with Crippen molar-refractivity contribution in [3.8, 4) is 0 Å². The molecule has 0 saturated carbocycles. The van der Waals surface area contributed by atoms with E-state index in [9.17, 15) is 14.4 Å². The van der Waals surface area contributed by atoms with Crippen LogP contribution in [0.15, 0.2) is 0 Å². The summed E-state index contributed by atoms with van der Waals surface area (Å²) in [5.74, 6) is -1.38. The highest BCUT2D eigenvalue weighted by Gasteiger charge is 2.40. The molecular weight excluding hydrogens is 252 g/mol. The molecule has 2 N–H and O–H groups in total. The molecule has 2 amide bonds. The molecule has 1 aliphatic heterocycles. The predicted octanol–water partition coefficient (Wildman–Crippen LogP) is 0.587. The van der Waals surface area contributed by atoms with Crippen LogP contribution in [-0.2, 0) is 14.3 Å². The summed E-state index contributed by atoms with van der Waals surface area (Å²) in [4.78, 5) is 35.5. The third-order valence-electron chi connectivity index (χ3n) is 3.27. The van der Waals surface area contributed by atoms with Crippen molar-refractivity contribution in [1.29, 1.82) is 0 Å². The first-order chi connectivity index (χ1) is 9.01. The Morgan fingerprint density at radius 1 is 1.37 bits per heavy atom. The van der Waals surface area contributed by atoms with Gasteiger partial charge < -0.3 is 20.1 Å². The van der Waals surface area contributed by atoms with Gasteiger partial charge in [-0.3, -0.25) is 4.79 Å². The Bertz CT molecular complexity index is 358. The van der Waals surface area contributed by atoms with Gasteiger partial charge in [-0.15, -0.1) is 0 Å². The van der Waals surface area contributed by atoms with Gasteiger partial charge in [0.15, 0.2) is 0 Å². The molecule has 0 aromatic heterocycles. The number of hydrogen-bond acceptors (Lipinski definition) is 4. The van der Waals surface area contributed by atoms with E-state index in [0.29, 0.717) is 12.8 Å². The zero-order valence-corrected chi connectivity index (χ0v) is 11.2. The fourth-order valence-electron chi connectivity index (χ4n) is 2.43. The Morgan fingerprint density at radius 3 is 2.58 bits per heavy atom. The van der Waals surface area contributed by atoms with Crippen molar-refractivity contribution in [3.05, 3.63) is 0 Å². The number of nitrogens with one attached hydrogen (secondary N) is 1. The Labute approximate surface area is 111 Å². The number of amides is 2. The number of aliphatic carboxylic acids is 1. The Kier molecular flexibility index (Phi) is 5.59. The Morgan fingerprint density at radius 2 is 2.05 bits per heavy atom. The molecule has 7 heteroatoms. The SMILES string of the molecule is CCC[C@H]1CC[C@@H](C(=O)O)N1C(=O)CNC(=O)OC. The van der Waals surface area contributed by atoms with Gasteiger partial charge in [-0.1, -0.05) is 13.3 Å². The fourth-order valence-corrected chi connectivity index (χ4v) is 2.43. The molecule has 0 bridgehead atoms. The highest BCUT2D eigenvalue weighted by Crippen LogP contribution is 2.27. The third-order valence-corrected chi connectivity index (χ3v) is 3.27. The summed E-state index contributed by atoms with van der Waals surface area (Å²) in [7, 11) is 1.20. The molecule has 0 unspecified atom stereocenters. The summed E-state index contributed by atoms with van der Waals surface area (Å²) in [6.45, 7) is 1.75. The summed E-state index contributed by atoms with van der Waals surface area (Å²) in [6, 6.07) is -0.846. The van der Waals surface area contributed by atoms with E-state index in [-0.39, 0.29) is 18.5 Å². The van der Waals surface area contributed by atoms with Crippen molar-refractivity contribution in [3.63, 3.8) is 0 Å². The van der Waals surface area contributed by atoms with Crippen LogP contribution in [0, 0.1) is 0 Å². The molecule has 1 heterocycles. The van der Waals surface area contributed by atoms with Crippen molar-refractivity contribution in [1.82, 2.24) is 10.2 Å². The maximum atomic E-state index is 12.1. The van der Waals surface area contributed by atoms with E-state index in [0.717, 1.165) is 12.8 Å². The number of nitrogens with zero attached hydrogens (tertiary/aromatic N) is 1. The van der Waals surface area contributed by atoms with E-state index >= 15 is 0 Å². The van der Waals surface area contributed by atoms with Gasteiger partial charge in [-0.25, -0.2) is 9.59 Å². The topological polar surface area (TPSA) is 95.9 Å². The van der Waals surface area contributed by atoms with Crippen LogP contribution in [0.3, 0.4) is 0 Å². The molecule has 1 saturated heterocycles. The van der Waals surface area contributed by atoms with Crippen LogP contribution >= 0.6 is 0 Å². The van der Waals surface area contributed by atoms with Crippen molar-refractivity contribution >= 4 is 18.0 Å². The molecular formula is C12H20N2O5. The highest BCUT2D eigenvalue weighted by atomic mass is 16.5. The molecule has 1 fully saturated rings. The lowest BCUT2D eigenvalue weighted by molar-refractivity contribution is -0.149. The lowest BCUT2D eigenvalue weighted by Crippen LogP contribution is -2.49. The third kappa shape index (κ3) is 3.84. The van der Waals surface area contributed by atoms with Crippen LogP contribution < -0.4 is 5.32 Å². The minimum Gasteiger partial charge on any atom is -0.480 e. The second-order valence-corrected chi connectivity index (χ2v) is 4.52. The fraction of sp³-hybridized carbons (Fsp3) is 0.750. The molecule has 1 aliphatic rings. The van der Waals surface area contributed by atoms with Crippen molar-refractivity contribution in [2.45, 2.75) is 44.7 Å². The van der Waals surface area contributed by atoms with E-state index in [2.05, 4.69) is 10.1 Å². The molecule has 7 nitrogen and oxygen atoms in total. The lowest BCUT2D eigenvalue weighted by atomic mass is 10.1. The highest BCUT2D eigenvalue weighted by molar-refractivity contribution is 5.87. The summed E-state index contributed by atoms with van der Waals surface area (Å²) in [5, 5.41) is 11.4. The molecule has 2 atom stereocenters. The zero-order valence-electron chi connectivity index (χ0n) is 11.2. The number of carbonyl (C=O) groups excluding carboxylic acids is 2. The van der Waals surface area contributed by atoms with Gasteiger partial charge >= 0.3 is 12.1 Å². The first-order valence-corrected chi connectivity index (χ1v) is 6.37. The molecule has 0 aromatic rings. The minimum atomic E-state index is -0.995. The van der Waals surface area contributed by atoms with Crippen molar-refractivity contribution in [2.24, 2.45) is 0 Å². The molecule has 0 aromatic carbocycles. The van der Waals surface area contributed by atoms with E-state index in [1.54, 1.807) is 0 Å². The summed E-state index contributed by atoms with van der Waals surface area (Å²) < 4.78 is 4.37. The number of carboxylic acid groups (broad SMARTS) is 1. The van der Waals surface area contributed by atoms with E-state index in [4.69, 9.17) is 5.11 Å². The van der Waals surface area contributed by atoms with Crippen molar-refractivity contribution in [2.75, 3.05) is 13.7 Å². The van der Waals surface area contributed by atoms with Crippen molar-refractivity contribution < 1.29 is 24.2 Å². The first kappa shape index (κ1) is 15.3. The van der Waals surface area contributed by atoms with E-state index in [1.165, 1.54) is 12.0 Å². The van der Waals surface area contributed by atoms with Gasteiger partial charge in [-0.2, -0.15) is 0 Å². The number of likely N-dealkylation sites (tertiary alicyclic amines) is 1. The Hall–Kier alpha value is -1.79. The van der Waals surface area contributed by atoms with Crippen LogP contribution in [-0.4, -0.2) is 53.7 Å². The van der Waals surface area contributed by atoms with Gasteiger partial charge in [0.1, 0.15) is 12.6 Å². The van der Waals surface area contributed by atoms with Crippen LogP contribution in [0.1, 0.15) is 32.6 Å². The minimum absolute atomic E-state index is 0.0574. The maximum absolute atomic E-state index is 12.1. The summed E-state index contributed by atoms with van der Waals surface area (Å²) in [6.07, 6.45) is 2.10. The number of rotatable bonds is 5. The van der Waals surface area contributed by atoms with Gasteiger partial charge in [0.25, 0.3) is 0 Å². The molecule has 0 spiro atoms. The first-order valence-electron chi connectivity index (χ1n) is 6.37. The van der Waals surface area contributed by atoms with Gasteiger partial charge in [-0.05, 0) is 19.3 Å². The Balaban J connectivity index is 2.69. The molecule has 0 radical (unpaired) electrons. The van der Waals surface area contributed by atoms with Gasteiger partial charge in [0, 0.05) is 6.04 Å². The number of carbonyl (C=O) groups is 3. The summed E-state index contributed by atoms with van der Waals surface area (Å²) >= 11 is 0.